The van der Waals surface area contributed by atoms with Gasteiger partial charge in [0.05, 0.1) is 13.0 Å². The Kier molecular flexibility index (Phi) is 3.66. The molecular formula is C12H15N3O. The average molecular weight is 217 g/mol. The van der Waals surface area contributed by atoms with Crippen molar-refractivity contribution >= 4 is 0 Å². The summed E-state index contributed by atoms with van der Waals surface area (Å²) in [4.78, 5) is 0. The van der Waals surface area contributed by atoms with Gasteiger partial charge in [-0.05, 0) is 12.1 Å². The number of rotatable bonds is 5. The van der Waals surface area contributed by atoms with E-state index in [9.17, 15) is 0 Å². The number of nitrogens with one attached hydrogen (secondary N) is 1. The van der Waals surface area contributed by atoms with Crippen molar-refractivity contribution in [1.29, 1.82) is 0 Å². The molecule has 0 aliphatic rings. The normalized spacial score (nSPS) is 10.6. The van der Waals surface area contributed by atoms with Crippen molar-refractivity contribution in [2.24, 2.45) is 0 Å². The zero-order chi connectivity index (χ0) is 11.2. The molecule has 1 aromatic carbocycles. The summed E-state index contributed by atoms with van der Waals surface area (Å²) >= 11 is 0. The molecule has 4 heteroatoms. The fourth-order valence-corrected chi connectivity index (χ4v) is 1.43. The highest BCUT2D eigenvalue weighted by atomic mass is 16.4. The second-order valence-corrected chi connectivity index (χ2v) is 3.53. The zero-order valence-electron chi connectivity index (χ0n) is 9.31. The highest BCUT2D eigenvalue weighted by molar-refractivity contribution is 5.17. The minimum Gasteiger partial charge on any atom is -0.424 e. The van der Waals surface area contributed by atoms with Gasteiger partial charge < -0.3 is 9.73 Å². The van der Waals surface area contributed by atoms with E-state index < -0.39 is 0 Å². The minimum atomic E-state index is 0.637. The first-order valence-electron chi connectivity index (χ1n) is 5.44. The summed E-state index contributed by atoms with van der Waals surface area (Å²) < 4.78 is 5.50. The summed E-state index contributed by atoms with van der Waals surface area (Å²) in [5.74, 6) is 1.31. The molecule has 2 rings (SSSR count). The molecule has 4 nitrogen and oxygen atoms in total. The number of benzene rings is 1. The maximum atomic E-state index is 5.50. The van der Waals surface area contributed by atoms with Crippen LogP contribution < -0.4 is 5.32 Å². The largest absolute Gasteiger partial charge is 0.424 e. The first-order chi connectivity index (χ1) is 7.88. The number of nitrogens with zero attached hydrogens (tertiary/aromatic N) is 2. The summed E-state index contributed by atoms with van der Waals surface area (Å²) in [6, 6.07) is 10.1. The molecule has 1 heterocycles. The van der Waals surface area contributed by atoms with Crippen molar-refractivity contribution in [3.05, 3.63) is 47.7 Å². The molecule has 0 atom stereocenters. The van der Waals surface area contributed by atoms with Crippen LogP contribution in [0.3, 0.4) is 0 Å². The number of hydrogen-bond acceptors (Lipinski definition) is 4. The Balaban J connectivity index is 1.97. The number of hydrogen-bond donors (Lipinski definition) is 1. The Hall–Kier alpha value is -1.68. The molecule has 0 saturated heterocycles. The van der Waals surface area contributed by atoms with Gasteiger partial charge in [-0.15, -0.1) is 10.2 Å². The molecular weight excluding hydrogens is 202 g/mol. The number of aromatic nitrogens is 2. The van der Waals surface area contributed by atoms with Crippen LogP contribution in [-0.4, -0.2) is 16.7 Å². The van der Waals surface area contributed by atoms with Gasteiger partial charge in [-0.1, -0.05) is 37.3 Å². The van der Waals surface area contributed by atoms with Gasteiger partial charge in [-0.2, -0.15) is 0 Å². The van der Waals surface area contributed by atoms with E-state index in [1.54, 1.807) is 0 Å². The summed E-state index contributed by atoms with van der Waals surface area (Å²) in [5, 5.41) is 11.1. The van der Waals surface area contributed by atoms with Crippen LogP contribution >= 0.6 is 0 Å². The third-order valence-electron chi connectivity index (χ3n) is 2.23. The highest BCUT2D eigenvalue weighted by Gasteiger charge is 2.05. The van der Waals surface area contributed by atoms with Crippen molar-refractivity contribution < 1.29 is 4.42 Å². The second-order valence-electron chi connectivity index (χ2n) is 3.53. The van der Waals surface area contributed by atoms with Crippen LogP contribution in [0, 0.1) is 0 Å². The fraction of sp³-hybridized carbons (Fsp3) is 0.333. The van der Waals surface area contributed by atoms with Crippen molar-refractivity contribution in [3.8, 4) is 0 Å². The standard InChI is InChI=1S/C12H15N3O/c1-2-13-9-12-15-14-11(16-12)8-10-6-4-3-5-7-10/h3-7,13H,2,8-9H2,1H3. The Morgan fingerprint density at radius 1 is 1.12 bits per heavy atom. The molecule has 16 heavy (non-hydrogen) atoms. The van der Waals surface area contributed by atoms with Crippen LogP contribution in [0.5, 0.6) is 0 Å². The van der Waals surface area contributed by atoms with Gasteiger partial charge in [0.2, 0.25) is 11.8 Å². The predicted octanol–water partition coefficient (Wildman–Crippen LogP) is 1.77. The highest BCUT2D eigenvalue weighted by Crippen LogP contribution is 2.07. The quantitative estimate of drug-likeness (QED) is 0.829. The van der Waals surface area contributed by atoms with E-state index in [2.05, 4.69) is 15.5 Å². The first kappa shape index (κ1) is 10.8. The Morgan fingerprint density at radius 2 is 1.88 bits per heavy atom. The molecule has 2 aromatic rings. The summed E-state index contributed by atoms with van der Waals surface area (Å²) in [7, 11) is 0. The maximum absolute atomic E-state index is 5.50. The van der Waals surface area contributed by atoms with Crippen LogP contribution in [-0.2, 0) is 13.0 Å². The molecule has 0 saturated carbocycles. The molecule has 0 unspecified atom stereocenters. The molecule has 0 aliphatic carbocycles. The van der Waals surface area contributed by atoms with Crippen molar-refractivity contribution in [2.75, 3.05) is 6.54 Å². The summed E-state index contributed by atoms with van der Waals surface area (Å²) in [6.45, 7) is 3.58. The van der Waals surface area contributed by atoms with Crippen LogP contribution in [0.15, 0.2) is 34.7 Å². The van der Waals surface area contributed by atoms with E-state index in [0.717, 1.165) is 6.54 Å². The lowest BCUT2D eigenvalue weighted by molar-refractivity contribution is 0.441. The minimum absolute atomic E-state index is 0.637. The second kappa shape index (κ2) is 5.42. The SMILES string of the molecule is CCNCc1nnc(Cc2ccccc2)o1. The van der Waals surface area contributed by atoms with Gasteiger partial charge >= 0.3 is 0 Å². The van der Waals surface area contributed by atoms with Crippen molar-refractivity contribution in [1.82, 2.24) is 15.5 Å². The van der Waals surface area contributed by atoms with E-state index in [1.165, 1.54) is 5.56 Å². The molecule has 0 amide bonds. The third-order valence-corrected chi connectivity index (χ3v) is 2.23. The van der Waals surface area contributed by atoms with Gasteiger partial charge in [0.1, 0.15) is 0 Å². The summed E-state index contributed by atoms with van der Waals surface area (Å²) in [5.41, 5.74) is 1.18. The summed E-state index contributed by atoms with van der Waals surface area (Å²) in [6.07, 6.45) is 0.694. The van der Waals surface area contributed by atoms with Gasteiger partial charge in [0.25, 0.3) is 0 Å². The Labute approximate surface area is 94.7 Å². The lowest BCUT2D eigenvalue weighted by Crippen LogP contribution is -2.11. The molecule has 0 fully saturated rings. The lowest BCUT2D eigenvalue weighted by atomic mass is 10.2. The van der Waals surface area contributed by atoms with Crippen molar-refractivity contribution in [3.63, 3.8) is 0 Å². The molecule has 1 aromatic heterocycles. The fourth-order valence-electron chi connectivity index (χ4n) is 1.43. The monoisotopic (exact) mass is 217 g/mol. The van der Waals surface area contributed by atoms with Crippen LogP contribution in [0.25, 0.3) is 0 Å². The van der Waals surface area contributed by atoms with Gasteiger partial charge in [0, 0.05) is 0 Å². The van der Waals surface area contributed by atoms with E-state index in [-0.39, 0.29) is 0 Å². The van der Waals surface area contributed by atoms with E-state index >= 15 is 0 Å². The van der Waals surface area contributed by atoms with Gasteiger partial charge in [-0.25, -0.2) is 0 Å². The molecule has 0 bridgehead atoms. The molecule has 0 radical (unpaired) electrons. The Morgan fingerprint density at radius 3 is 2.62 bits per heavy atom. The maximum Gasteiger partial charge on any atom is 0.230 e. The smallest absolute Gasteiger partial charge is 0.230 e. The predicted molar refractivity (Wildman–Crippen MR) is 60.9 cm³/mol. The molecule has 0 spiro atoms. The van der Waals surface area contributed by atoms with Crippen LogP contribution in [0.1, 0.15) is 24.3 Å². The Bertz CT molecular complexity index is 425. The molecule has 1 N–H and O–H groups in total. The van der Waals surface area contributed by atoms with E-state index in [4.69, 9.17) is 4.42 Å². The van der Waals surface area contributed by atoms with Crippen molar-refractivity contribution in [2.45, 2.75) is 19.9 Å². The van der Waals surface area contributed by atoms with Crippen LogP contribution in [0.2, 0.25) is 0 Å². The van der Waals surface area contributed by atoms with E-state index in [0.29, 0.717) is 24.7 Å². The topological polar surface area (TPSA) is 51.0 Å². The van der Waals surface area contributed by atoms with Gasteiger partial charge in [-0.3, -0.25) is 0 Å². The zero-order valence-corrected chi connectivity index (χ0v) is 9.31. The molecule has 0 aliphatic heterocycles. The molecule has 84 valence electrons. The van der Waals surface area contributed by atoms with Gasteiger partial charge in [0.15, 0.2) is 0 Å². The first-order valence-corrected chi connectivity index (χ1v) is 5.44. The van der Waals surface area contributed by atoms with E-state index in [1.807, 2.05) is 37.3 Å². The lowest BCUT2D eigenvalue weighted by Gasteiger charge is -1.95. The van der Waals surface area contributed by atoms with Crippen LogP contribution in [0.4, 0.5) is 0 Å². The third kappa shape index (κ3) is 2.90. The average Bonchev–Trinajstić information content (AvgIpc) is 2.75.